The van der Waals surface area contributed by atoms with E-state index in [1.165, 1.54) is 0 Å². The molecule has 0 aliphatic rings. The van der Waals surface area contributed by atoms with Crippen molar-refractivity contribution < 1.29 is 4.79 Å². The number of anilines is 1. The van der Waals surface area contributed by atoms with Gasteiger partial charge in [-0.25, -0.2) is 4.98 Å². The first-order chi connectivity index (χ1) is 12.6. The highest BCUT2D eigenvalue weighted by molar-refractivity contribution is 7.98. The number of hydrogen-bond acceptors (Lipinski definition) is 4. The number of rotatable bonds is 4. The van der Waals surface area contributed by atoms with Gasteiger partial charge in [-0.05, 0) is 55.6 Å². The number of aromatic nitrogens is 1. The monoisotopic (exact) mass is 404 g/mol. The number of halogens is 1. The van der Waals surface area contributed by atoms with E-state index >= 15 is 0 Å². The third kappa shape index (κ3) is 5.10. The number of aryl methyl sites for hydroxylation is 1. The third-order valence-electron chi connectivity index (χ3n) is 3.47. The lowest BCUT2D eigenvalue weighted by Crippen LogP contribution is -2.11. The third-order valence-corrected chi connectivity index (χ3v) is 5.30. The van der Waals surface area contributed by atoms with Crippen LogP contribution in [0.5, 0.6) is 0 Å². The zero-order chi connectivity index (χ0) is 19.1. The summed E-state index contributed by atoms with van der Waals surface area (Å²) in [5.41, 5.74) is 2.99. The molecule has 0 aliphatic heterocycles. The number of carbonyl (C=O) groups is 1. The summed E-state index contributed by atoms with van der Waals surface area (Å²) in [4.78, 5) is 17.9. The normalized spacial score (nSPS) is 10.0. The summed E-state index contributed by atoms with van der Waals surface area (Å²) in [5, 5.41) is 6.41. The van der Waals surface area contributed by atoms with Gasteiger partial charge in [0.25, 0.3) is 5.91 Å². The SMILES string of the molecule is CC.CSc1ccc(C(=O)Nc2ccc(-c3csc(C)n3)c(Cl)c2)cc1. The molecule has 6 heteroatoms. The van der Waals surface area contributed by atoms with Crippen molar-refractivity contribution in [2.75, 3.05) is 11.6 Å². The van der Waals surface area contributed by atoms with Crippen molar-refractivity contribution in [3.63, 3.8) is 0 Å². The van der Waals surface area contributed by atoms with Crippen LogP contribution < -0.4 is 5.32 Å². The molecule has 0 radical (unpaired) electrons. The molecule has 1 amide bonds. The smallest absolute Gasteiger partial charge is 0.255 e. The lowest BCUT2D eigenvalue weighted by atomic mass is 10.1. The molecular weight excluding hydrogens is 384 g/mol. The number of carbonyl (C=O) groups excluding carboxylic acids is 1. The zero-order valence-electron chi connectivity index (χ0n) is 15.2. The van der Waals surface area contributed by atoms with Crippen molar-refractivity contribution in [1.29, 1.82) is 0 Å². The van der Waals surface area contributed by atoms with E-state index in [9.17, 15) is 4.79 Å². The summed E-state index contributed by atoms with van der Waals surface area (Å²) in [5.74, 6) is -0.157. The van der Waals surface area contributed by atoms with Gasteiger partial charge in [-0.15, -0.1) is 23.1 Å². The van der Waals surface area contributed by atoms with Gasteiger partial charge in [-0.3, -0.25) is 4.79 Å². The van der Waals surface area contributed by atoms with Crippen molar-refractivity contribution in [3.8, 4) is 11.3 Å². The van der Waals surface area contributed by atoms with Crippen LogP contribution in [0.25, 0.3) is 11.3 Å². The number of thioether (sulfide) groups is 1. The Morgan fingerprint density at radius 2 is 1.85 bits per heavy atom. The van der Waals surface area contributed by atoms with E-state index in [0.717, 1.165) is 21.2 Å². The maximum atomic E-state index is 12.3. The molecule has 0 fully saturated rings. The summed E-state index contributed by atoms with van der Waals surface area (Å²) in [6.07, 6.45) is 2.00. The van der Waals surface area contributed by atoms with Crippen LogP contribution in [-0.2, 0) is 0 Å². The van der Waals surface area contributed by atoms with E-state index in [0.29, 0.717) is 16.3 Å². The molecule has 0 bridgehead atoms. The second-order valence-corrected chi connectivity index (χ2v) is 7.48. The second-order valence-electron chi connectivity index (χ2n) is 5.13. The van der Waals surface area contributed by atoms with E-state index in [1.54, 1.807) is 29.2 Å². The first-order valence-electron chi connectivity index (χ1n) is 8.24. The minimum Gasteiger partial charge on any atom is -0.322 e. The van der Waals surface area contributed by atoms with E-state index in [1.807, 2.05) is 68.8 Å². The highest BCUT2D eigenvalue weighted by Crippen LogP contribution is 2.31. The fraction of sp³-hybridized carbons (Fsp3) is 0.200. The Hall–Kier alpha value is -1.82. The Morgan fingerprint density at radius 3 is 2.38 bits per heavy atom. The van der Waals surface area contributed by atoms with Gasteiger partial charge >= 0.3 is 0 Å². The van der Waals surface area contributed by atoms with Crippen LogP contribution in [0.15, 0.2) is 52.7 Å². The molecule has 0 saturated carbocycles. The molecule has 1 N–H and O–H groups in total. The Labute approximate surface area is 167 Å². The molecule has 0 aliphatic carbocycles. The molecule has 3 rings (SSSR count). The predicted molar refractivity (Wildman–Crippen MR) is 115 cm³/mol. The average molecular weight is 405 g/mol. The van der Waals surface area contributed by atoms with E-state index < -0.39 is 0 Å². The average Bonchev–Trinajstić information content (AvgIpc) is 3.09. The second kappa shape index (κ2) is 9.76. The van der Waals surface area contributed by atoms with Crippen LogP contribution in [0.4, 0.5) is 5.69 Å². The van der Waals surface area contributed by atoms with E-state index in [2.05, 4.69) is 10.3 Å². The van der Waals surface area contributed by atoms with Gasteiger partial charge < -0.3 is 5.32 Å². The standard InChI is InChI=1S/C18H15ClN2OS2.C2H6/c1-11-20-17(10-24-11)15-8-5-13(9-16(15)19)21-18(22)12-3-6-14(23-2)7-4-12;1-2/h3-10H,1-2H3,(H,21,22);1-2H3. The van der Waals surface area contributed by atoms with Crippen molar-refractivity contribution in [2.45, 2.75) is 25.7 Å². The summed E-state index contributed by atoms with van der Waals surface area (Å²) in [6.45, 7) is 5.96. The van der Waals surface area contributed by atoms with Crippen LogP contribution in [0, 0.1) is 6.92 Å². The van der Waals surface area contributed by atoms with E-state index in [-0.39, 0.29) is 5.91 Å². The zero-order valence-corrected chi connectivity index (χ0v) is 17.6. The van der Waals surface area contributed by atoms with Gasteiger partial charge in [0.1, 0.15) is 0 Å². The largest absolute Gasteiger partial charge is 0.322 e. The molecule has 1 aromatic heterocycles. The maximum absolute atomic E-state index is 12.3. The summed E-state index contributed by atoms with van der Waals surface area (Å²) in [6, 6.07) is 13.0. The highest BCUT2D eigenvalue weighted by Gasteiger charge is 2.10. The summed E-state index contributed by atoms with van der Waals surface area (Å²) < 4.78 is 0. The first kappa shape index (κ1) is 20.5. The lowest BCUT2D eigenvalue weighted by Gasteiger charge is -2.08. The van der Waals surface area contributed by atoms with Gasteiger partial charge in [0, 0.05) is 27.1 Å². The fourth-order valence-electron chi connectivity index (χ4n) is 2.23. The van der Waals surface area contributed by atoms with Gasteiger partial charge in [0.15, 0.2) is 0 Å². The predicted octanol–water partition coefficient (Wildman–Crippen LogP) is 6.77. The Kier molecular flexibility index (Phi) is 7.69. The summed E-state index contributed by atoms with van der Waals surface area (Å²) in [7, 11) is 0. The molecule has 0 saturated heterocycles. The maximum Gasteiger partial charge on any atom is 0.255 e. The molecule has 0 atom stereocenters. The first-order valence-corrected chi connectivity index (χ1v) is 10.7. The minimum absolute atomic E-state index is 0.157. The van der Waals surface area contributed by atoms with Crippen molar-refractivity contribution in [1.82, 2.24) is 4.98 Å². The van der Waals surface area contributed by atoms with Gasteiger partial charge in [-0.1, -0.05) is 25.4 Å². The van der Waals surface area contributed by atoms with E-state index in [4.69, 9.17) is 11.6 Å². The minimum atomic E-state index is -0.157. The van der Waals surface area contributed by atoms with Crippen LogP contribution in [0.2, 0.25) is 5.02 Å². The number of amides is 1. The fourth-order valence-corrected chi connectivity index (χ4v) is 3.53. The number of thiazole rings is 1. The molecule has 26 heavy (non-hydrogen) atoms. The molecule has 136 valence electrons. The Balaban J connectivity index is 0.00000117. The lowest BCUT2D eigenvalue weighted by molar-refractivity contribution is 0.102. The highest BCUT2D eigenvalue weighted by atomic mass is 35.5. The van der Waals surface area contributed by atoms with Crippen LogP contribution in [-0.4, -0.2) is 17.1 Å². The summed E-state index contributed by atoms with van der Waals surface area (Å²) >= 11 is 9.58. The Bertz CT molecular complexity index is 876. The van der Waals surface area contributed by atoms with Crippen LogP contribution in [0.1, 0.15) is 29.2 Å². The number of nitrogens with zero attached hydrogens (tertiary/aromatic N) is 1. The molecule has 0 unspecified atom stereocenters. The molecule has 1 heterocycles. The molecular formula is C20H21ClN2OS2. The van der Waals surface area contributed by atoms with Crippen LogP contribution >= 0.6 is 34.7 Å². The topological polar surface area (TPSA) is 42.0 Å². The molecule has 2 aromatic carbocycles. The number of benzene rings is 2. The quantitative estimate of drug-likeness (QED) is 0.487. The van der Waals surface area contributed by atoms with Gasteiger partial charge in [0.2, 0.25) is 0 Å². The number of nitrogens with one attached hydrogen (secondary N) is 1. The van der Waals surface area contributed by atoms with Gasteiger partial charge in [0.05, 0.1) is 15.7 Å². The van der Waals surface area contributed by atoms with Crippen LogP contribution in [0.3, 0.4) is 0 Å². The van der Waals surface area contributed by atoms with Crippen molar-refractivity contribution in [2.24, 2.45) is 0 Å². The van der Waals surface area contributed by atoms with Gasteiger partial charge in [-0.2, -0.15) is 0 Å². The molecule has 0 spiro atoms. The number of hydrogen-bond donors (Lipinski definition) is 1. The Morgan fingerprint density at radius 1 is 1.15 bits per heavy atom. The van der Waals surface area contributed by atoms with Crippen molar-refractivity contribution in [3.05, 3.63) is 63.4 Å². The molecule has 3 nitrogen and oxygen atoms in total. The van der Waals surface area contributed by atoms with Crippen molar-refractivity contribution >= 4 is 46.3 Å². The molecule has 3 aromatic rings.